The van der Waals surface area contributed by atoms with E-state index in [0.717, 1.165) is 4.90 Å². The van der Waals surface area contributed by atoms with E-state index in [1.54, 1.807) is 7.05 Å². The van der Waals surface area contributed by atoms with Crippen LogP contribution in [0.15, 0.2) is 24.3 Å². The van der Waals surface area contributed by atoms with Crippen molar-refractivity contribution in [3.63, 3.8) is 0 Å². The van der Waals surface area contributed by atoms with E-state index in [-0.39, 0.29) is 30.2 Å². The zero-order chi connectivity index (χ0) is 15.1. The Morgan fingerprint density at radius 3 is 2.52 bits per heavy atom. The molecule has 8 heteroatoms. The fraction of sp³-hybridized carbons (Fsp3) is 0.385. The molecule has 2 unspecified atom stereocenters. The average Bonchev–Trinajstić information content (AvgIpc) is 2.95. The van der Waals surface area contributed by atoms with Crippen LogP contribution in [-0.4, -0.2) is 48.1 Å². The van der Waals surface area contributed by atoms with Crippen LogP contribution in [0.3, 0.4) is 0 Å². The molecule has 0 spiro atoms. The molecule has 3 rings (SSSR count). The van der Waals surface area contributed by atoms with Crippen molar-refractivity contribution in [2.24, 2.45) is 5.92 Å². The number of nitro benzene ring substituents is 1. The van der Waals surface area contributed by atoms with Gasteiger partial charge in [0.1, 0.15) is 0 Å². The second-order valence-electron chi connectivity index (χ2n) is 5.05. The molecule has 1 aromatic carbocycles. The lowest BCUT2D eigenvalue weighted by atomic mass is 9.98. The summed E-state index contributed by atoms with van der Waals surface area (Å²) < 4.78 is 5.28. The number of benzene rings is 1. The molecule has 8 nitrogen and oxygen atoms in total. The first-order valence-corrected chi connectivity index (χ1v) is 6.43. The minimum absolute atomic E-state index is 0.0916. The predicted molar refractivity (Wildman–Crippen MR) is 71.8 cm³/mol. The minimum atomic E-state index is -0.531. The highest BCUT2D eigenvalue weighted by molar-refractivity contribution is 6.17. The molecule has 2 heterocycles. The Morgan fingerprint density at radius 1 is 1.24 bits per heavy atom. The minimum Gasteiger partial charge on any atom is -0.378 e. The maximum absolute atomic E-state index is 12.4. The molecule has 3 amide bonds. The van der Waals surface area contributed by atoms with Gasteiger partial charge in [-0.1, -0.05) is 0 Å². The lowest BCUT2D eigenvalue weighted by molar-refractivity contribution is -0.384. The molecule has 110 valence electrons. The molecule has 2 aliphatic heterocycles. The number of carbonyl (C=O) groups is 2. The Morgan fingerprint density at radius 2 is 1.90 bits per heavy atom. The van der Waals surface area contributed by atoms with E-state index in [0.29, 0.717) is 12.3 Å². The van der Waals surface area contributed by atoms with E-state index in [4.69, 9.17) is 4.74 Å². The van der Waals surface area contributed by atoms with E-state index in [1.807, 2.05) is 0 Å². The number of imide groups is 1. The van der Waals surface area contributed by atoms with Gasteiger partial charge in [0.15, 0.2) is 0 Å². The lowest BCUT2D eigenvalue weighted by Crippen LogP contribution is -2.60. The van der Waals surface area contributed by atoms with Gasteiger partial charge in [-0.3, -0.25) is 14.9 Å². The Hall–Kier alpha value is -2.48. The number of hydrogen-bond acceptors (Lipinski definition) is 5. The number of likely N-dealkylation sites (N-methyl/N-ethyl adjacent to an activating group) is 1. The third-order valence-electron chi connectivity index (χ3n) is 3.90. The summed E-state index contributed by atoms with van der Waals surface area (Å²) in [6.45, 7) is 0.636. The van der Waals surface area contributed by atoms with Crippen LogP contribution in [0.25, 0.3) is 0 Å². The molecule has 2 saturated heterocycles. The number of ether oxygens (including phenoxy) is 1. The molecule has 2 atom stereocenters. The monoisotopic (exact) mass is 291 g/mol. The van der Waals surface area contributed by atoms with Gasteiger partial charge in [0, 0.05) is 19.2 Å². The zero-order valence-corrected chi connectivity index (χ0v) is 11.3. The normalized spacial score (nSPS) is 25.2. The lowest BCUT2D eigenvalue weighted by Gasteiger charge is -2.38. The maximum atomic E-state index is 12.4. The summed E-state index contributed by atoms with van der Waals surface area (Å²) >= 11 is 0. The third kappa shape index (κ3) is 2.04. The van der Waals surface area contributed by atoms with E-state index in [1.165, 1.54) is 29.2 Å². The fourth-order valence-corrected chi connectivity index (χ4v) is 2.68. The molecular formula is C13H13N3O5. The molecule has 21 heavy (non-hydrogen) atoms. The highest BCUT2D eigenvalue weighted by Gasteiger charge is 2.48. The van der Waals surface area contributed by atoms with Gasteiger partial charge in [-0.2, -0.15) is 0 Å². The second kappa shape index (κ2) is 4.81. The number of nitro groups is 1. The molecule has 2 aliphatic rings. The van der Waals surface area contributed by atoms with Gasteiger partial charge in [0.05, 0.1) is 35.8 Å². The number of rotatable bonds is 2. The molecular weight excluding hydrogens is 278 g/mol. The van der Waals surface area contributed by atoms with E-state index < -0.39 is 11.0 Å². The van der Waals surface area contributed by atoms with Gasteiger partial charge >= 0.3 is 6.03 Å². The summed E-state index contributed by atoms with van der Waals surface area (Å²) in [5.41, 5.74) is 0.235. The van der Waals surface area contributed by atoms with Crippen molar-refractivity contribution >= 4 is 23.3 Å². The summed E-state index contributed by atoms with van der Waals surface area (Å²) in [6.07, 6.45) is 0. The summed E-state index contributed by atoms with van der Waals surface area (Å²) in [6, 6.07) is 4.66. The van der Waals surface area contributed by atoms with Crippen molar-refractivity contribution < 1.29 is 19.2 Å². The molecule has 0 N–H and O–H groups in total. The van der Waals surface area contributed by atoms with Crippen molar-refractivity contribution in [1.82, 2.24) is 4.90 Å². The van der Waals surface area contributed by atoms with Crippen molar-refractivity contribution in [3.05, 3.63) is 34.4 Å². The Balaban J connectivity index is 1.94. The van der Waals surface area contributed by atoms with Crippen LogP contribution >= 0.6 is 0 Å². The standard InChI is InChI=1S/C13H13N3O5/c1-14-11-7-21-6-10(11)12(17)15(13(14)18)8-2-4-9(5-3-8)16(19)20/h2-5,10-11H,6-7H2,1H3. The number of nitrogens with zero attached hydrogens (tertiary/aromatic N) is 3. The van der Waals surface area contributed by atoms with Gasteiger partial charge in [-0.25, -0.2) is 9.69 Å². The van der Waals surface area contributed by atoms with Crippen LogP contribution in [0.5, 0.6) is 0 Å². The van der Waals surface area contributed by atoms with Gasteiger partial charge in [0.25, 0.3) is 5.69 Å². The van der Waals surface area contributed by atoms with Crippen molar-refractivity contribution in [2.75, 3.05) is 25.2 Å². The highest BCUT2D eigenvalue weighted by atomic mass is 16.6. The van der Waals surface area contributed by atoms with Gasteiger partial charge < -0.3 is 9.64 Å². The average molecular weight is 291 g/mol. The van der Waals surface area contributed by atoms with Crippen molar-refractivity contribution in [1.29, 1.82) is 0 Å². The Kier molecular flexibility index (Phi) is 3.09. The molecule has 0 aliphatic carbocycles. The third-order valence-corrected chi connectivity index (χ3v) is 3.90. The molecule has 0 bridgehead atoms. The van der Waals surface area contributed by atoms with Crippen LogP contribution < -0.4 is 4.90 Å². The SMILES string of the molecule is CN1C(=O)N(c2ccc([N+](=O)[O-])cc2)C(=O)C2COCC21. The van der Waals surface area contributed by atoms with Crippen LogP contribution in [0.4, 0.5) is 16.2 Å². The number of urea groups is 1. The number of hydrogen-bond donors (Lipinski definition) is 0. The summed E-state index contributed by atoms with van der Waals surface area (Å²) in [7, 11) is 1.62. The summed E-state index contributed by atoms with van der Waals surface area (Å²) in [5, 5.41) is 10.7. The molecule has 1 aromatic rings. The first-order valence-electron chi connectivity index (χ1n) is 6.43. The van der Waals surface area contributed by atoms with Crippen LogP contribution in [-0.2, 0) is 9.53 Å². The molecule has 0 radical (unpaired) electrons. The number of amides is 3. The smallest absolute Gasteiger partial charge is 0.331 e. The number of non-ortho nitro benzene ring substituents is 1. The second-order valence-corrected chi connectivity index (χ2v) is 5.05. The molecule has 2 fully saturated rings. The Labute approximate surface area is 120 Å². The quantitative estimate of drug-likeness (QED) is 0.599. The van der Waals surface area contributed by atoms with Gasteiger partial charge in [0.2, 0.25) is 5.91 Å². The first kappa shape index (κ1) is 13.5. The fourth-order valence-electron chi connectivity index (χ4n) is 2.68. The van der Waals surface area contributed by atoms with E-state index in [9.17, 15) is 19.7 Å². The summed E-state index contributed by atoms with van der Waals surface area (Å²) in [4.78, 5) is 37.4. The largest absolute Gasteiger partial charge is 0.378 e. The maximum Gasteiger partial charge on any atom is 0.331 e. The predicted octanol–water partition coefficient (Wildman–Crippen LogP) is 1.01. The number of anilines is 1. The van der Waals surface area contributed by atoms with Crippen LogP contribution in [0.2, 0.25) is 0 Å². The zero-order valence-electron chi connectivity index (χ0n) is 11.3. The van der Waals surface area contributed by atoms with Crippen molar-refractivity contribution in [2.45, 2.75) is 6.04 Å². The first-order chi connectivity index (χ1) is 10.0. The van der Waals surface area contributed by atoms with Crippen LogP contribution in [0, 0.1) is 16.0 Å². The Bertz CT molecular complexity index is 615. The van der Waals surface area contributed by atoms with Gasteiger partial charge in [-0.05, 0) is 12.1 Å². The summed E-state index contributed by atoms with van der Waals surface area (Å²) in [5.74, 6) is -0.711. The molecule has 0 aromatic heterocycles. The highest BCUT2D eigenvalue weighted by Crippen LogP contribution is 2.31. The van der Waals surface area contributed by atoms with Crippen molar-refractivity contribution in [3.8, 4) is 0 Å². The number of carbonyl (C=O) groups excluding carboxylic acids is 2. The van der Waals surface area contributed by atoms with E-state index >= 15 is 0 Å². The van der Waals surface area contributed by atoms with Crippen LogP contribution in [0.1, 0.15) is 0 Å². The van der Waals surface area contributed by atoms with E-state index in [2.05, 4.69) is 0 Å². The topological polar surface area (TPSA) is 93.0 Å². The van der Waals surface area contributed by atoms with Gasteiger partial charge in [-0.15, -0.1) is 0 Å². The number of fused-ring (bicyclic) bond motifs is 1. The molecule has 0 saturated carbocycles.